The molecule has 0 spiro atoms. The van der Waals surface area contributed by atoms with Crippen molar-refractivity contribution in [1.82, 2.24) is 0 Å². The number of esters is 2. The number of unbranched alkanes of at least 4 members (excludes halogenated alkanes) is 1. The van der Waals surface area contributed by atoms with Gasteiger partial charge in [-0.2, -0.15) is 0 Å². The molecule has 0 radical (unpaired) electrons. The van der Waals surface area contributed by atoms with E-state index in [1.54, 1.807) is 24.3 Å². The number of carbonyl (C=O) groups excluding carboxylic acids is 2. The Kier molecular flexibility index (Phi) is 18.1. The number of benzene rings is 2. The zero-order chi connectivity index (χ0) is 26.9. The van der Waals surface area contributed by atoms with Crippen LogP contribution in [0.2, 0.25) is 0 Å². The van der Waals surface area contributed by atoms with E-state index in [0.717, 1.165) is 12.2 Å². The minimum Gasteiger partial charge on any atom is -0.468 e. The van der Waals surface area contributed by atoms with Gasteiger partial charge in [-0.05, 0) is 37.1 Å². The molecule has 10 nitrogen and oxygen atoms in total. The number of hydrogen-bond acceptors (Lipinski definition) is 10. The maximum atomic E-state index is 11.7. The van der Waals surface area contributed by atoms with Crippen LogP contribution in [0, 0.1) is 0 Å². The number of carbonyl (C=O) groups is 2. The Morgan fingerprint density at radius 1 is 0.526 bits per heavy atom. The van der Waals surface area contributed by atoms with Gasteiger partial charge in [0.2, 0.25) is 0 Å². The highest BCUT2D eigenvalue weighted by Crippen LogP contribution is 2.07. The number of para-hydroxylation sites is 1. The molecule has 2 aromatic rings. The predicted molar refractivity (Wildman–Crippen MR) is 138 cm³/mol. The van der Waals surface area contributed by atoms with Gasteiger partial charge in [-0.25, -0.2) is 4.79 Å². The summed E-state index contributed by atoms with van der Waals surface area (Å²) in [6.07, 6.45) is 1.72. The summed E-state index contributed by atoms with van der Waals surface area (Å²) in [6.45, 7) is 3.32. The van der Waals surface area contributed by atoms with Crippen molar-refractivity contribution >= 4 is 11.9 Å². The smallest absolute Gasteiger partial charge is 0.338 e. The van der Waals surface area contributed by atoms with E-state index < -0.39 is 0 Å². The molecule has 0 atom stereocenters. The molecular formula is C28H38O10. The number of hydrogen-bond donors (Lipinski definition) is 0. The van der Waals surface area contributed by atoms with E-state index >= 15 is 0 Å². The number of ether oxygens (including phenoxy) is 8. The Balaban J connectivity index is 1.24. The van der Waals surface area contributed by atoms with Crippen molar-refractivity contribution in [2.45, 2.75) is 19.3 Å². The quantitative estimate of drug-likeness (QED) is 0.119. The first kappa shape index (κ1) is 31.2. The van der Waals surface area contributed by atoms with Gasteiger partial charge in [0, 0.05) is 13.0 Å². The van der Waals surface area contributed by atoms with Crippen LogP contribution in [0.5, 0.6) is 5.75 Å². The summed E-state index contributed by atoms with van der Waals surface area (Å²) >= 11 is 0. The summed E-state index contributed by atoms with van der Waals surface area (Å²) in [4.78, 5) is 23.5. The molecule has 0 aliphatic heterocycles. The fraction of sp³-hybridized carbons (Fsp3) is 0.500. The lowest BCUT2D eigenvalue weighted by atomic mass is 10.2. The third kappa shape index (κ3) is 16.7. The van der Waals surface area contributed by atoms with Crippen molar-refractivity contribution in [1.29, 1.82) is 0 Å². The van der Waals surface area contributed by atoms with Crippen LogP contribution in [-0.4, -0.2) is 85.0 Å². The first-order valence-corrected chi connectivity index (χ1v) is 12.7. The molecule has 210 valence electrons. The summed E-state index contributed by atoms with van der Waals surface area (Å²) < 4.78 is 42.3. The molecule has 10 heteroatoms. The van der Waals surface area contributed by atoms with Gasteiger partial charge in [-0.1, -0.05) is 36.4 Å². The Morgan fingerprint density at radius 2 is 1.08 bits per heavy atom. The lowest BCUT2D eigenvalue weighted by Gasteiger charge is -2.08. The average molecular weight is 535 g/mol. The van der Waals surface area contributed by atoms with Crippen LogP contribution in [-0.2, 0) is 38.0 Å². The van der Waals surface area contributed by atoms with Gasteiger partial charge in [-0.15, -0.1) is 0 Å². The van der Waals surface area contributed by atoms with Crippen molar-refractivity contribution in [3.63, 3.8) is 0 Å². The van der Waals surface area contributed by atoms with E-state index in [2.05, 4.69) is 0 Å². The van der Waals surface area contributed by atoms with Gasteiger partial charge in [-0.3, -0.25) is 4.79 Å². The maximum absolute atomic E-state index is 11.7. The fourth-order valence-corrected chi connectivity index (χ4v) is 2.91. The van der Waals surface area contributed by atoms with Crippen LogP contribution in [0.15, 0.2) is 60.7 Å². The third-order valence-electron chi connectivity index (χ3n) is 4.84. The standard InChI is InChI=1S/C28H38O10/c29-27(36-21-19-31-16-18-35-24-38-26-11-5-2-6-12-26)13-7-8-14-33-23-34-17-15-32-20-22-37-28(30)25-9-3-1-4-10-25/h1-6,9-12H,7-8,13-24H2. The fourth-order valence-electron chi connectivity index (χ4n) is 2.91. The monoisotopic (exact) mass is 534 g/mol. The second kappa shape index (κ2) is 22.0. The van der Waals surface area contributed by atoms with Crippen LogP contribution in [0.25, 0.3) is 0 Å². The Labute approximate surface area is 224 Å². The minimum absolute atomic E-state index is 0.149. The zero-order valence-corrected chi connectivity index (χ0v) is 21.8. The second-order valence-corrected chi connectivity index (χ2v) is 7.82. The molecule has 0 aliphatic carbocycles. The number of rotatable bonds is 23. The van der Waals surface area contributed by atoms with Gasteiger partial charge in [0.1, 0.15) is 25.8 Å². The molecule has 0 heterocycles. The lowest BCUT2D eigenvalue weighted by molar-refractivity contribution is -0.145. The first-order chi connectivity index (χ1) is 18.8. The van der Waals surface area contributed by atoms with Crippen molar-refractivity contribution in [3.8, 4) is 5.75 Å². The molecule has 38 heavy (non-hydrogen) atoms. The topological polar surface area (TPSA) is 108 Å². The van der Waals surface area contributed by atoms with Gasteiger partial charge in [0.25, 0.3) is 0 Å². The van der Waals surface area contributed by atoms with Crippen LogP contribution in [0.3, 0.4) is 0 Å². The molecule has 0 saturated carbocycles. The van der Waals surface area contributed by atoms with E-state index in [4.69, 9.17) is 37.9 Å². The lowest BCUT2D eigenvalue weighted by Crippen LogP contribution is -2.14. The largest absolute Gasteiger partial charge is 0.468 e. The summed E-state index contributed by atoms with van der Waals surface area (Å²) in [5.41, 5.74) is 0.513. The molecule has 0 aliphatic rings. The average Bonchev–Trinajstić information content (AvgIpc) is 2.95. The first-order valence-electron chi connectivity index (χ1n) is 12.7. The Hall–Kier alpha value is -3.02. The van der Waals surface area contributed by atoms with Crippen LogP contribution in [0.4, 0.5) is 0 Å². The van der Waals surface area contributed by atoms with Crippen LogP contribution < -0.4 is 4.74 Å². The van der Waals surface area contributed by atoms with Crippen molar-refractivity contribution < 1.29 is 47.5 Å². The zero-order valence-electron chi connectivity index (χ0n) is 21.8. The molecule has 0 amide bonds. The molecule has 2 aromatic carbocycles. The van der Waals surface area contributed by atoms with E-state index in [0.29, 0.717) is 64.7 Å². The highest BCUT2D eigenvalue weighted by atomic mass is 16.7. The molecule has 2 rings (SSSR count). The highest BCUT2D eigenvalue weighted by molar-refractivity contribution is 5.89. The minimum atomic E-state index is -0.371. The van der Waals surface area contributed by atoms with Crippen LogP contribution >= 0.6 is 0 Å². The van der Waals surface area contributed by atoms with Gasteiger partial charge in [0.05, 0.1) is 45.2 Å². The summed E-state index contributed by atoms with van der Waals surface area (Å²) in [7, 11) is 0. The van der Waals surface area contributed by atoms with Crippen molar-refractivity contribution in [3.05, 3.63) is 66.2 Å². The van der Waals surface area contributed by atoms with E-state index in [-0.39, 0.29) is 38.7 Å². The van der Waals surface area contributed by atoms with Gasteiger partial charge in [0.15, 0.2) is 6.79 Å². The maximum Gasteiger partial charge on any atom is 0.338 e. The third-order valence-corrected chi connectivity index (χ3v) is 4.84. The van der Waals surface area contributed by atoms with E-state index in [9.17, 15) is 9.59 Å². The van der Waals surface area contributed by atoms with Crippen LogP contribution in [0.1, 0.15) is 29.6 Å². The molecule has 0 unspecified atom stereocenters. The summed E-state index contributed by atoms with van der Waals surface area (Å²) in [6, 6.07) is 18.2. The van der Waals surface area contributed by atoms with E-state index in [1.165, 1.54) is 0 Å². The summed E-state index contributed by atoms with van der Waals surface area (Å²) in [5, 5.41) is 0. The molecule has 0 aromatic heterocycles. The van der Waals surface area contributed by atoms with Gasteiger partial charge >= 0.3 is 11.9 Å². The SMILES string of the molecule is O=C(CCCCOCOCCOCCOC(=O)c1ccccc1)OCCOCCOCOc1ccccc1. The molecule has 0 bridgehead atoms. The molecule has 0 N–H and O–H groups in total. The molecular weight excluding hydrogens is 496 g/mol. The highest BCUT2D eigenvalue weighted by Gasteiger charge is 2.05. The Bertz CT molecular complexity index is 847. The van der Waals surface area contributed by atoms with E-state index in [1.807, 2.05) is 36.4 Å². The normalized spacial score (nSPS) is 10.7. The van der Waals surface area contributed by atoms with Crippen molar-refractivity contribution in [2.24, 2.45) is 0 Å². The van der Waals surface area contributed by atoms with Gasteiger partial charge < -0.3 is 37.9 Å². The Morgan fingerprint density at radius 3 is 1.79 bits per heavy atom. The molecule has 0 fully saturated rings. The summed E-state index contributed by atoms with van der Waals surface area (Å²) in [5.74, 6) is 0.118. The van der Waals surface area contributed by atoms with Crippen molar-refractivity contribution in [2.75, 3.05) is 73.0 Å². The predicted octanol–water partition coefficient (Wildman–Crippen LogP) is 3.63. The molecule has 0 saturated heterocycles. The second-order valence-electron chi connectivity index (χ2n) is 7.82.